The first-order chi connectivity index (χ1) is 9.21. The van der Waals surface area contributed by atoms with Crippen molar-refractivity contribution in [2.24, 2.45) is 0 Å². The van der Waals surface area contributed by atoms with Crippen molar-refractivity contribution >= 4 is 34.8 Å². The van der Waals surface area contributed by atoms with E-state index in [0.29, 0.717) is 0 Å². The molecule has 0 aliphatic heterocycles. The van der Waals surface area contributed by atoms with Gasteiger partial charge in [-0.15, -0.1) is 0 Å². The van der Waals surface area contributed by atoms with E-state index in [-0.39, 0.29) is 20.6 Å². The second-order valence-corrected chi connectivity index (χ2v) is 5.04. The highest BCUT2D eigenvalue weighted by Gasteiger charge is 2.36. The van der Waals surface area contributed by atoms with Crippen molar-refractivity contribution in [2.75, 3.05) is 0 Å². The summed E-state index contributed by atoms with van der Waals surface area (Å²) in [5, 5.41) is -0.0610. The molecule has 2 nitrogen and oxygen atoms in total. The van der Waals surface area contributed by atoms with Gasteiger partial charge in [0.2, 0.25) is 0 Å². The van der Waals surface area contributed by atoms with Crippen LogP contribution >= 0.6 is 34.8 Å². The Balaban J connectivity index is 2.80. The van der Waals surface area contributed by atoms with Gasteiger partial charge in [0.15, 0.2) is 5.43 Å². The third-order valence-electron chi connectivity index (χ3n) is 2.51. The summed E-state index contributed by atoms with van der Waals surface area (Å²) < 4.78 is 38.8. The Kier molecular flexibility index (Phi) is 4.04. The van der Waals surface area contributed by atoms with Crippen molar-refractivity contribution in [1.82, 2.24) is 4.98 Å². The average molecular weight is 343 g/mol. The number of aromatic amines is 1. The SMILES string of the molecule is O=c1cc[nH]c(C(F)(F)F)c1-c1cc(Cl)c(Cl)c(Cl)c1. The molecule has 0 radical (unpaired) electrons. The maximum absolute atomic E-state index is 12.9. The Morgan fingerprint density at radius 1 is 1.05 bits per heavy atom. The summed E-state index contributed by atoms with van der Waals surface area (Å²) in [6, 6.07) is 3.31. The lowest BCUT2D eigenvalue weighted by molar-refractivity contribution is -0.140. The smallest absolute Gasteiger partial charge is 0.357 e. The van der Waals surface area contributed by atoms with Gasteiger partial charge in [-0.1, -0.05) is 34.8 Å². The van der Waals surface area contributed by atoms with Gasteiger partial charge in [0.05, 0.1) is 20.6 Å². The molecule has 1 N–H and O–H groups in total. The lowest BCUT2D eigenvalue weighted by atomic mass is 10.0. The number of H-pyrrole nitrogens is 1. The predicted molar refractivity (Wildman–Crippen MR) is 72.5 cm³/mol. The molecule has 0 amide bonds. The fourth-order valence-corrected chi connectivity index (χ4v) is 2.29. The molecule has 20 heavy (non-hydrogen) atoms. The molecule has 0 atom stereocenters. The summed E-state index contributed by atoms with van der Waals surface area (Å²) in [6.07, 6.45) is -3.79. The lowest BCUT2D eigenvalue weighted by Crippen LogP contribution is -2.16. The van der Waals surface area contributed by atoms with E-state index in [4.69, 9.17) is 34.8 Å². The van der Waals surface area contributed by atoms with Gasteiger partial charge in [0.1, 0.15) is 5.69 Å². The molecule has 1 heterocycles. The van der Waals surface area contributed by atoms with Gasteiger partial charge in [-0.2, -0.15) is 13.2 Å². The molecule has 0 bridgehead atoms. The van der Waals surface area contributed by atoms with E-state index in [9.17, 15) is 18.0 Å². The van der Waals surface area contributed by atoms with Crippen LogP contribution in [0.2, 0.25) is 15.1 Å². The second-order valence-electron chi connectivity index (χ2n) is 3.84. The second kappa shape index (κ2) is 5.31. The van der Waals surface area contributed by atoms with Crippen molar-refractivity contribution < 1.29 is 13.2 Å². The molecule has 1 aromatic carbocycles. The van der Waals surface area contributed by atoms with Crippen molar-refractivity contribution in [1.29, 1.82) is 0 Å². The number of halogens is 6. The first-order valence-electron chi connectivity index (χ1n) is 5.15. The minimum absolute atomic E-state index is 0.0120. The first-order valence-corrected chi connectivity index (χ1v) is 6.29. The van der Waals surface area contributed by atoms with Crippen LogP contribution in [-0.4, -0.2) is 4.98 Å². The molecule has 0 aliphatic carbocycles. The zero-order valence-electron chi connectivity index (χ0n) is 9.49. The fourth-order valence-electron chi connectivity index (χ4n) is 1.69. The summed E-state index contributed by atoms with van der Waals surface area (Å²) in [5.74, 6) is 0. The topological polar surface area (TPSA) is 32.9 Å². The zero-order chi connectivity index (χ0) is 15.1. The highest BCUT2D eigenvalue weighted by Crippen LogP contribution is 2.38. The van der Waals surface area contributed by atoms with Crippen LogP contribution in [0.4, 0.5) is 13.2 Å². The van der Waals surface area contributed by atoms with Crippen LogP contribution in [0.1, 0.15) is 5.69 Å². The van der Waals surface area contributed by atoms with Gasteiger partial charge in [0.25, 0.3) is 0 Å². The van der Waals surface area contributed by atoms with E-state index in [0.717, 1.165) is 24.4 Å². The highest BCUT2D eigenvalue weighted by molar-refractivity contribution is 6.48. The average Bonchev–Trinajstić information content (AvgIpc) is 2.34. The van der Waals surface area contributed by atoms with Crippen molar-refractivity contribution in [2.45, 2.75) is 6.18 Å². The van der Waals surface area contributed by atoms with Gasteiger partial charge >= 0.3 is 6.18 Å². The number of nitrogens with one attached hydrogen (secondary N) is 1. The van der Waals surface area contributed by atoms with E-state index in [1.54, 1.807) is 0 Å². The fraction of sp³-hybridized carbons (Fsp3) is 0.0833. The normalized spacial score (nSPS) is 11.7. The number of pyridine rings is 1. The van der Waals surface area contributed by atoms with Gasteiger partial charge in [-0.3, -0.25) is 4.79 Å². The Labute approximate surface area is 126 Å². The minimum Gasteiger partial charge on any atom is -0.357 e. The summed E-state index contributed by atoms with van der Waals surface area (Å²) in [6.45, 7) is 0. The van der Waals surface area contributed by atoms with Gasteiger partial charge in [-0.25, -0.2) is 0 Å². The van der Waals surface area contributed by atoms with Crippen molar-refractivity contribution in [3.63, 3.8) is 0 Å². The first kappa shape index (κ1) is 15.2. The zero-order valence-corrected chi connectivity index (χ0v) is 11.8. The van der Waals surface area contributed by atoms with Crippen LogP contribution in [0, 0.1) is 0 Å². The number of benzene rings is 1. The van der Waals surface area contributed by atoms with E-state index in [1.807, 2.05) is 4.98 Å². The van der Waals surface area contributed by atoms with Crippen LogP contribution in [0.15, 0.2) is 29.2 Å². The summed E-state index contributed by atoms with van der Waals surface area (Å²) in [7, 11) is 0. The molecule has 106 valence electrons. The van der Waals surface area contributed by atoms with Crippen LogP contribution in [0.5, 0.6) is 0 Å². The Hall–Kier alpha value is -1.17. The van der Waals surface area contributed by atoms with Crippen LogP contribution < -0.4 is 5.43 Å². The van der Waals surface area contributed by atoms with Gasteiger partial charge in [-0.05, 0) is 17.7 Å². The molecule has 0 saturated carbocycles. The number of hydrogen-bond donors (Lipinski definition) is 1. The largest absolute Gasteiger partial charge is 0.431 e. The molecule has 0 fully saturated rings. The van der Waals surface area contributed by atoms with Crippen LogP contribution in [0.25, 0.3) is 11.1 Å². The molecule has 1 aromatic heterocycles. The predicted octanol–water partition coefficient (Wildman–Crippen LogP) is 5.02. The van der Waals surface area contributed by atoms with E-state index in [1.165, 1.54) is 0 Å². The standard InChI is InChI=1S/C12H5Cl3F3NO/c13-6-3-5(4-7(14)10(6)15)9-8(20)1-2-19-11(9)12(16,17)18/h1-4H,(H,19,20). The molecule has 0 aliphatic rings. The van der Waals surface area contributed by atoms with Crippen molar-refractivity contribution in [3.8, 4) is 11.1 Å². The molecule has 2 rings (SSSR count). The van der Waals surface area contributed by atoms with E-state index < -0.39 is 22.9 Å². The van der Waals surface area contributed by atoms with Gasteiger partial charge < -0.3 is 4.98 Å². The summed E-state index contributed by atoms with van der Waals surface area (Å²) >= 11 is 17.3. The molecule has 2 aromatic rings. The summed E-state index contributed by atoms with van der Waals surface area (Å²) in [4.78, 5) is 13.8. The third kappa shape index (κ3) is 2.80. The Bertz CT molecular complexity index is 702. The monoisotopic (exact) mass is 341 g/mol. The summed E-state index contributed by atoms with van der Waals surface area (Å²) in [5.41, 5.74) is -2.58. The highest BCUT2D eigenvalue weighted by atomic mass is 35.5. The number of aromatic nitrogens is 1. The number of hydrogen-bond acceptors (Lipinski definition) is 1. The van der Waals surface area contributed by atoms with E-state index in [2.05, 4.69) is 0 Å². The minimum atomic E-state index is -4.71. The maximum atomic E-state index is 12.9. The molecule has 0 saturated heterocycles. The molecule has 8 heteroatoms. The van der Waals surface area contributed by atoms with E-state index >= 15 is 0 Å². The number of alkyl halides is 3. The van der Waals surface area contributed by atoms with Gasteiger partial charge in [0, 0.05) is 12.3 Å². The number of rotatable bonds is 1. The van der Waals surface area contributed by atoms with Crippen LogP contribution in [0.3, 0.4) is 0 Å². The maximum Gasteiger partial charge on any atom is 0.431 e. The Morgan fingerprint density at radius 2 is 1.60 bits per heavy atom. The molecule has 0 spiro atoms. The van der Waals surface area contributed by atoms with Crippen LogP contribution in [-0.2, 0) is 6.18 Å². The molecular formula is C12H5Cl3F3NO. The molecule has 0 unspecified atom stereocenters. The van der Waals surface area contributed by atoms with Crippen molar-refractivity contribution in [3.05, 3.63) is 55.4 Å². The quantitative estimate of drug-likeness (QED) is 0.725. The Morgan fingerprint density at radius 3 is 2.10 bits per heavy atom. The molecular weight excluding hydrogens is 337 g/mol. The third-order valence-corrected chi connectivity index (χ3v) is 3.71. The lowest BCUT2D eigenvalue weighted by Gasteiger charge is -2.13.